The fourth-order valence-electron chi connectivity index (χ4n) is 3.92. The second kappa shape index (κ2) is 12.8. The Labute approximate surface area is 206 Å². The summed E-state index contributed by atoms with van der Waals surface area (Å²) in [5.41, 5.74) is 3.40. The van der Waals surface area contributed by atoms with Gasteiger partial charge in [-0.15, -0.1) is 0 Å². The zero-order chi connectivity index (χ0) is 25.2. The topological polar surface area (TPSA) is 111 Å². The van der Waals surface area contributed by atoms with Crippen LogP contribution in [0.15, 0.2) is 66.7 Å². The molecule has 0 saturated heterocycles. The first-order valence-electron chi connectivity index (χ1n) is 11.8. The zero-order valence-electron chi connectivity index (χ0n) is 20.2. The summed E-state index contributed by atoms with van der Waals surface area (Å²) in [7, 11) is 0. The van der Waals surface area contributed by atoms with Gasteiger partial charge in [-0.2, -0.15) is 0 Å². The number of amides is 1. The van der Waals surface area contributed by atoms with Crippen molar-refractivity contribution in [2.45, 2.75) is 45.4 Å². The molecule has 0 heterocycles. The summed E-state index contributed by atoms with van der Waals surface area (Å²) in [5.74, 6) is 0.541. The van der Waals surface area contributed by atoms with E-state index in [1.54, 1.807) is 0 Å². The summed E-state index contributed by atoms with van der Waals surface area (Å²) in [6.45, 7) is 5.21. The van der Waals surface area contributed by atoms with Crippen molar-refractivity contribution in [3.63, 3.8) is 0 Å². The fraction of sp³-hybridized carbons (Fsp3) is 0.321. The highest BCUT2D eigenvalue weighted by molar-refractivity contribution is 5.78. The van der Waals surface area contributed by atoms with E-state index >= 15 is 0 Å². The lowest BCUT2D eigenvalue weighted by Crippen LogP contribution is -2.32. The molecule has 0 fully saturated rings. The first-order valence-corrected chi connectivity index (χ1v) is 11.8. The molecule has 3 aromatic rings. The molecule has 2 unspecified atom stereocenters. The number of aromatic hydroxyl groups is 2. The molecule has 3 aromatic carbocycles. The molecule has 0 aliphatic rings. The predicted molar refractivity (Wildman–Crippen MR) is 136 cm³/mol. The Morgan fingerprint density at radius 3 is 2.43 bits per heavy atom. The van der Waals surface area contributed by atoms with Crippen LogP contribution in [0, 0.1) is 0 Å². The van der Waals surface area contributed by atoms with Crippen LogP contribution < -0.4 is 15.4 Å². The Morgan fingerprint density at radius 2 is 1.69 bits per heavy atom. The van der Waals surface area contributed by atoms with E-state index in [0.29, 0.717) is 18.7 Å². The van der Waals surface area contributed by atoms with Gasteiger partial charge in [0.25, 0.3) is 0 Å². The van der Waals surface area contributed by atoms with Gasteiger partial charge in [-0.3, -0.25) is 4.79 Å². The van der Waals surface area contributed by atoms with Gasteiger partial charge < -0.3 is 30.7 Å². The van der Waals surface area contributed by atoms with Crippen molar-refractivity contribution < 1.29 is 24.9 Å². The number of phenolic OH excluding ortho intramolecular Hbond substituents is 2. The molecule has 0 bridgehead atoms. The van der Waals surface area contributed by atoms with Gasteiger partial charge in [0, 0.05) is 30.8 Å². The number of hydrogen-bond donors (Lipinski definition) is 5. The van der Waals surface area contributed by atoms with E-state index < -0.39 is 6.10 Å². The largest absolute Gasteiger partial charge is 0.508 e. The van der Waals surface area contributed by atoms with Crippen molar-refractivity contribution in [2.75, 3.05) is 13.2 Å². The highest BCUT2D eigenvalue weighted by atomic mass is 16.5. The lowest BCUT2D eigenvalue weighted by atomic mass is 10.0. The van der Waals surface area contributed by atoms with Crippen LogP contribution in [-0.4, -0.2) is 40.4 Å². The smallest absolute Gasteiger partial charge is 0.224 e. The molecular weight excluding hydrogens is 444 g/mol. The number of para-hydroxylation sites is 1. The molecule has 0 aliphatic heterocycles. The van der Waals surface area contributed by atoms with Crippen LogP contribution in [0.3, 0.4) is 0 Å². The predicted octanol–water partition coefficient (Wildman–Crippen LogP) is 3.61. The Kier molecular flexibility index (Phi) is 9.52. The van der Waals surface area contributed by atoms with Crippen molar-refractivity contribution in [3.05, 3.63) is 89.0 Å². The Balaban J connectivity index is 1.49. The van der Waals surface area contributed by atoms with E-state index in [4.69, 9.17) is 4.74 Å². The van der Waals surface area contributed by atoms with Gasteiger partial charge in [0.1, 0.15) is 17.2 Å². The standard InChI is InChI=1S/C28H34N2O5/c1-3-35-27-10-5-4-9-22(27)17-30-28(34)13-21-8-6-7-20(12-21)11-19(2)29-18-26(33)23-14-24(31)16-25(32)15-23/h4-10,12,14-16,19,26,29,31-33H,3,11,13,17-18H2,1-2H3,(H,30,34). The molecule has 3 rings (SSSR count). The minimum Gasteiger partial charge on any atom is -0.508 e. The lowest BCUT2D eigenvalue weighted by molar-refractivity contribution is -0.120. The molecule has 0 saturated carbocycles. The summed E-state index contributed by atoms with van der Waals surface area (Å²) < 4.78 is 5.62. The molecule has 186 valence electrons. The van der Waals surface area contributed by atoms with Crippen molar-refractivity contribution in [1.82, 2.24) is 10.6 Å². The number of benzene rings is 3. The molecule has 7 heteroatoms. The second-order valence-corrected chi connectivity index (χ2v) is 8.63. The molecule has 5 N–H and O–H groups in total. The van der Waals surface area contributed by atoms with Crippen LogP contribution in [0.1, 0.15) is 42.2 Å². The molecule has 7 nitrogen and oxygen atoms in total. The highest BCUT2D eigenvalue weighted by Gasteiger charge is 2.13. The minimum absolute atomic E-state index is 0.0582. The summed E-state index contributed by atoms with van der Waals surface area (Å²) >= 11 is 0. The molecular formula is C28H34N2O5. The summed E-state index contributed by atoms with van der Waals surface area (Å²) in [4.78, 5) is 12.5. The van der Waals surface area contributed by atoms with Crippen molar-refractivity contribution >= 4 is 5.91 Å². The maximum Gasteiger partial charge on any atom is 0.224 e. The van der Waals surface area contributed by atoms with E-state index in [1.807, 2.05) is 62.4 Å². The Morgan fingerprint density at radius 1 is 0.971 bits per heavy atom. The van der Waals surface area contributed by atoms with E-state index in [9.17, 15) is 20.1 Å². The average Bonchev–Trinajstić information content (AvgIpc) is 2.82. The van der Waals surface area contributed by atoms with Gasteiger partial charge in [-0.05, 0) is 55.2 Å². The van der Waals surface area contributed by atoms with Crippen molar-refractivity contribution in [3.8, 4) is 17.2 Å². The van der Waals surface area contributed by atoms with Gasteiger partial charge in [-0.1, -0.05) is 42.5 Å². The van der Waals surface area contributed by atoms with Crippen LogP contribution >= 0.6 is 0 Å². The van der Waals surface area contributed by atoms with Crippen molar-refractivity contribution in [2.24, 2.45) is 0 Å². The molecule has 0 radical (unpaired) electrons. The average molecular weight is 479 g/mol. The van der Waals surface area contributed by atoms with Gasteiger partial charge in [0.2, 0.25) is 5.91 Å². The summed E-state index contributed by atoms with van der Waals surface area (Å²) in [5, 5.41) is 35.8. The molecule has 0 spiro atoms. The third kappa shape index (κ3) is 8.31. The molecule has 35 heavy (non-hydrogen) atoms. The maximum atomic E-state index is 12.5. The van der Waals surface area contributed by atoms with Crippen LogP contribution in [0.2, 0.25) is 0 Å². The molecule has 0 aliphatic carbocycles. The Bertz CT molecular complexity index is 1100. The second-order valence-electron chi connectivity index (χ2n) is 8.63. The normalized spacial score (nSPS) is 12.7. The van der Waals surface area contributed by atoms with Gasteiger partial charge in [-0.25, -0.2) is 0 Å². The minimum atomic E-state index is -0.863. The third-order valence-corrected chi connectivity index (χ3v) is 5.62. The first kappa shape index (κ1) is 26.1. The van der Waals surface area contributed by atoms with E-state index in [-0.39, 0.29) is 36.4 Å². The van der Waals surface area contributed by atoms with Gasteiger partial charge in [0.15, 0.2) is 0 Å². The molecule has 0 aromatic heterocycles. The number of phenols is 2. The van der Waals surface area contributed by atoms with E-state index in [2.05, 4.69) is 10.6 Å². The quantitative estimate of drug-likeness (QED) is 0.272. The highest BCUT2D eigenvalue weighted by Crippen LogP contribution is 2.24. The number of aliphatic hydroxyl groups is 1. The number of aliphatic hydroxyl groups excluding tert-OH is 1. The maximum absolute atomic E-state index is 12.5. The third-order valence-electron chi connectivity index (χ3n) is 5.62. The van der Waals surface area contributed by atoms with Crippen LogP contribution in [0.4, 0.5) is 0 Å². The van der Waals surface area contributed by atoms with Gasteiger partial charge >= 0.3 is 0 Å². The first-order chi connectivity index (χ1) is 16.8. The number of carbonyl (C=O) groups is 1. The number of hydrogen-bond acceptors (Lipinski definition) is 6. The lowest BCUT2D eigenvalue weighted by Gasteiger charge is -2.18. The van der Waals surface area contributed by atoms with E-state index in [1.165, 1.54) is 18.2 Å². The van der Waals surface area contributed by atoms with Crippen molar-refractivity contribution in [1.29, 1.82) is 0 Å². The van der Waals surface area contributed by atoms with Gasteiger partial charge in [0.05, 0.1) is 19.1 Å². The monoisotopic (exact) mass is 478 g/mol. The molecule has 1 amide bonds. The Hall–Kier alpha value is -3.55. The number of nitrogens with one attached hydrogen (secondary N) is 2. The molecule has 2 atom stereocenters. The summed E-state index contributed by atoms with van der Waals surface area (Å²) in [6, 6.07) is 19.8. The number of rotatable bonds is 12. The van der Waals surface area contributed by atoms with Crippen LogP contribution in [0.25, 0.3) is 0 Å². The zero-order valence-corrected chi connectivity index (χ0v) is 20.2. The summed E-state index contributed by atoms with van der Waals surface area (Å²) in [6.07, 6.45) is 0.139. The number of carbonyl (C=O) groups excluding carboxylic acids is 1. The fourth-order valence-corrected chi connectivity index (χ4v) is 3.92. The SMILES string of the molecule is CCOc1ccccc1CNC(=O)Cc1cccc(CC(C)NCC(O)c2cc(O)cc(O)c2)c1. The van der Waals surface area contributed by atoms with Crippen LogP contribution in [0.5, 0.6) is 17.2 Å². The number of ether oxygens (including phenoxy) is 1. The van der Waals surface area contributed by atoms with E-state index in [0.717, 1.165) is 28.9 Å². The van der Waals surface area contributed by atoms with Crippen LogP contribution in [-0.2, 0) is 24.2 Å².